The smallest absolute Gasteiger partial charge is 0.165 e. The Morgan fingerprint density at radius 1 is 0.933 bits per heavy atom. The van der Waals surface area contributed by atoms with Crippen molar-refractivity contribution >= 4 is 5.69 Å². The standard InChI is InChI=1S/C24H35FN2O3/c1-8-27(19-10-12-22(28-6)23(16-19)29-7)17-18-9-11-21(20(25)15-18)30-14-13-26(5)24(2,3)4/h9-12,15-16H,8,13-14,17H2,1-7H3. The van der Waals surface area contributed by atoms with E-state index in [1.165, 1.54) is 0 Å². The molecule has 0 aliphatic heterocycles. The van der Waals surface area contributed by atoms with Crippen LogP contribution in [0.5, 0.6) is 17.2 Å². The van der Waals surface area contributed by atoms with Crippen LogP contribution in [-0.2, 0) is 6.54 Å². The minimum atomic E-state index is -0.339. The number of nitrogens with zero attached hydrogens (tertiary/aromatic N) is 2. The lowest BCUT2D eigenvalue weighted by Gasteiger charge is -2.31. The van der Waals surface area contributed by atoms with E-state index in [-0.39, 0.29) is 17.1 Å². The van der Waals surface area contributed by atoms with Gasteiger partial charge in [-0.2, -0.15) is 0 Å². The van der Waals surface area contributed by atoms with Gasteiger partial charge in [-0.25, -0.2) is 4.39 Å². The summed E-state index contributed by atoms with van der Waals surface area (Å²) in [6.07, 6.45) is 0. The van der Waals surface area contributed by atoms with Crippen LogP contribution in [0.3, 0.4) is 0 Å². The summed E-state index contributed by atoms with van der Waals surface area (Å²) in [7, 11) is 5.27. The van der Waals surface area contributed by atoms with E-state index in [1.54, 1.807) is 26.4 Å². The van der Waals surface area contributed by atoms with Crippen molar-refractivity contribution in [3.8, 4) is 17.2 Å². The summed E-state index contributed by atoms with van der Waals surface area (Å²) >= 11 is 0. The first-order valence-electron chi connectivity index (χ1n) is 10.3. The van der Waals surface area contributed by atoms with Gasteiger partial charge in [0.1, 0.15) is 6.61 Å². The zero-order valence-electron chi connectivity index (χ0n) is 19.3. The van der Waals surface area contributed by atoms with Gasteiger partial charge in [-0.05, 0) is 64.6 Å². The first kappa shape index (κ1) is 23.8. The highest BCUT2D eigenvalue weighted by atomic mass is 19.1. The molecule has 0 spiro atoms. The minimum Gasteiger partial charge on any atom is -0.493 e. The number of hydrogen-bond acceptors (Lipinski definition) is 5. The molecule has 0 unspecified atom stereocenters. The van der Waals surface area contributed by atoms with E-state index in [9.17, 15) is 4.39 Å². The van der Waals surface area contributed by atoms with Gasteiger partial charge in [-0.15, -0.1) is 0 Å². The molecule has 0 fully saturated rings. The molecule has 0 saturated carbocycles. The Morgan fingerprint density at radius 2 is 1.60 bits per heavy atom. The molecule has 0 atom stereocenters. The summed E-state index contributed by atoms with van der Waals surface area (Å²) in [6.45, 7) is 11.0. The number of ether oxygens (including phenoxy) is 3. The molecule has 2 aromatic carbocycles. The van der Waals surface area contributed by atoms with Crippen LogP contribution in [0.2, 0.25) is 0 Å². The molecule has 0 N–H and O–H groups in total. The fourth-order valence-electron chi connectivity index (χ4n) is 3.02. The maximum atomic E-state index is 14.6. The predicted octanol–water partition coefficient (Wildman–Crippen LogP) is 4.98. The number of benzene rings is 2. The average molecular weight is 419 g/mol. The van der Waals surface area contributed by atoms with Gasteiger partial charge in [0.25, 0.3) is 0 Å². The molecule has 2 rings (SSSR count). The van der Waals surface area contributed by atoms with Gasteiger partial charge in [0.2, 0.25) is 0 Å². The van der Waals surface area contributed by atoms with Crippen molar-refractivity contribution in [2.75, 3.05) is 45.9 Å². The normalized spacial score (nSPS) is 11.5. The molecule has 0 saturated heterocycles. The number of hydrogen-bond donors (Lipinski definition) is 0. The average Bonchev–Trinajstić information content (AvgIpc) is 2.72. The van der Waals surface area contributed by atoms with Crippen LogP contribution in [0.4, 0.5) is 10.1 Å². The molecular formula is C24H35FN2O3. The van der Waals surface area contributed by atoms with Crippen LogP contribution in [0.1, 0.15) is 33.3 Å². The zero-order valence-corrected chi connectivity index (χ0v) is 19.3. The molecule has 0 bridgehead atoms. The maximum Gasteiger partial charge on any atom is 0.165 e. The summed E-state index contributed by atoms with van der Waals surface area (Å²) in [6, 6.07) is 11.0. The summed E-state index contributed by atoms with van der Waals surface area (Å²) in [4.78, 5) is 4.33. The van der Waals surface area contributed by atoms with Crippen molar-refractivity contribution in [1.29, 1.82) is 0 Å². The second-order valence-corrected chi connectivity index (χ2v) is 8.26. The maximum absolute atomic E-state index is 14.6. The summed E-state index contributed by atoms with van der Waals surface area (Å²) in [5.41, 5.74) is 1.92. The molecule has 30 heavy (non-hydrogen) atoms. The Hall–Kier alpha value is -2.47. The van der Waals surface area contributed by atoms with Gasteiger partial charge in [-0.3, -0.25) is 4.90 Å². The SMILES string of the molecule is CCN(Cc1ccc(OCCN(C)C(C)(C)C)c(F)c1)c1ccc(OC)c(OC)c1. The van der Waals surface area contributed by atoms with E-state index >= 15 is 0 Å². The molecular weight excluding hydrogens is 383 g/mol. The van der Waals surface area contributed by atoms with Crippen LogP contribution in [0, 0.1) is 5.82 Å². The fourth-order valence-corrected chi connectivity index (χ4v) is 3.02. The quantitative estimate of drug-likeness (QED) is 0.544. The van der Waals surface area contributed by atoms with Crippen molar-refractivity contribution in [2.45, 2.75) is 39.8 Å². The Labute approximate surface area is 180 Å². The van der Waals surface area contributed by atoms with Crippen molar-refractivity contribution in [1.82, 2.24) is 4.90 Å². The van der Waals surface area contributed by atoms with Crippen molar-refractivity contribution in [3.63, 3.8) is 0 Å². The lowest BCUT2D eigenvalue weighted by atomic mass is 10.1. The molecule has 2 aromatic rings. The van der Waals surface area contributed by atoms with Crippen molar-refractivity contribution in [2.24, 2.45) is 0 Å². The third-order valence-electron chi connectivity index (χ3n) is 5.31. The number of methoxy groups -OCH3 is 2. The summed E-state index contributed by atoms with van der Waals surface area (Å²) in [5, 5.41) is 0. The number of likely N-dealkylation sites (N-methyl/N-ethyl adjacent to an activating group) is 1. The molecule has 0 aliphatic rings. The van der Waals surface area contributed by atoms with E-state index in [4.69, 9.17) is 14.2 Å². The predicted molar refractivity (Wildman–Crippen MR) is 121 cm³/mol. The summed E-state index contributed by atoms with van der Waals surface area (Å²) in [5.74, 6) is 1.30. The molecule has 0 heterocycles. The van der Waals surface area contributed by atoms with Crippen molar-refractivity contribution < 1.29 is 18.6 Å². The number of rotatable bonds is 10. The largest absolute Gasteiger partial charge is 0.493 e. The zero-order chi connectivity index (χ0) is 22.3. The van der Waals surface area contributed by atoms with E-state index < -0.39 is 0 Å². The van der Waals surface area contributed by atoms with Crippen LogP contribution < -0.4 is 19.1 Å². The third kappa shape index (κ3) is 6.26. The van der Waals surface area contributed by atoms with Crippen LogP contribution >= 0.6 is 0 Å². The minimum absolute atomic E-state index is 0.0551. The highest BCUT2D eigenvalue weighted by Gasteiger charge is 2.17. The first-order chi connectivity index (χ1) is 14.2. The molecule has 5 nitrogen and oxygen atoms in total. The van der Waals surface area contributed by atoms with Gasteiger partial charge in [0.15, 0.2) is 23.1 Å². The van der Waals surface area contributed by atoms with E-state index in [2.05, 4.69) is 37.5 Å². The molecule has 0 aliphatic carbocycles. The fraction of sp³-hybridized carbons (Fsp3) is 0.500. The Bertz CT molecular complexity index is 821. The number of anilines is 1. The van der Waals surface area contributed by atoms with Crippen LogP contribution in [0.15, 0.2) is 36.4 Å². The van der Waals surface area contributed by atoms with E-state index in [0.29, 0.717) is 24.7 Å². The van der Waals surface area contributed by atoms with Crippen LogP contribution in [0.25, 0.3) is 0 Å². The highest BCUT2D eigenvalue weighted by molar-refractivity contribution is 5.56. The van der Waals surface area contributed by atoms with Gasteiger partial charge in [0, 0.05) is 36.9 Å². The van der Waals surface area contributed by atoms with Gasteiger partial charge < -0.3 is 19.1 Å². The Morgan fingerprint density at radius 3 is 2.17 bits per heavy atom. The summed E-state index contributed by atoms with van der Waals surface area (Å²) < 4.78 is 31.0. The number of halogens is 1. The Balaban J connectivity index is 2.05. The van der Waals surface area contributed by atoms with Gasteiger partial charge >= 0.3 is 0 Å². The second-order valence-electron chi connectivity index (χ2n) is 8.26. The topological polar surface area (TPSA) is 34.2 Å². The first-order valence-corrected chi connectivity index (χ1v) is 10.3. The molecule has 6 heteroatoms. The molecule has 0 amide bonds. The molecule has 166 valence electrons. The second kappa shape index (κ2) is 10.5. The lowest BCUT2D eigenvalue weighted by Crippen LogP contribution is -2.40. The molecule has 0 radical (unpaired) electrons. The van der Waals surface area contributed by atoms with E-state index in [0.717, 1.165) is 24.3 Å². The van der Waals surface area contributed by atoms with E-state index in [1.807, 2.05) is 31.3 Å². The monoisotopic (exact) mass is 418 g/mol. The third-order valence-corrected chi connectivity index (χ3v) is 5.31. The van der Waals surface area contributed by atoms with Gasteiger partial charge in [-0.1, -0.05) is 6.07 Å². The Kier molecular flexibility index (Phi) is 8.35. The van der Waals surface area contributed by atoms with Crippen molar-refractivity contribution in [3.05, 3.63) is 47.8 Å². The molecule has 0 aromatic heterocycles. The van der Waals surface area contributed by atoms with Crippen LogP contribution in [-0.4, -0.2) is 51.4 Å². The van der Waals surface area contributed by atoms with Gasteiger partial charge in [0.05, 0.1) is 14.2 Å². The lowest BCUT2D eigenvalue weighted by molar-refractivity contribution is 0.142. The highest BCUT2D eigenvalue weighted by Crippen LogP contribution is 2.32.